The van der Waals surface area contributed by atoms with E-state index in [0.29, 0.717) is 6.61 Å². The highest BCUT2D eigenvalue weighted by atomic mass is 16.6. The first kappa shape index (κ1) is 13.2. The number of benzene rings is 1. The van der Waals surface area contributed by atoms with Gasteiger partial charge in [0.1, 0.15) is 6.61 Å². The summed E-state index contributed by atoms with van der Waals surface area (Å²) < 4.78 is 0. The molecule has 2 nitrogen and oxygen atoms in total. The van der Waals surface area contributed by atoms with E-state index in [9.17, 15) is 0 Å². The van der Waals surface area contributed by atoms with Gasteiger partial charge >= 0.3 is 0 Å². The second kappa shape index (κ2) is 7.23. The van der Waals surface area contributed by atoms with Gasteiger partial charge in [0.2, 0.25) is 0 Å². The SMILES string of the molecule is C=CCO/N=C1/CCCC=C1C#Cc1ccccc1. The van der Waals surface area contributed by atoms with Crippen molar-refractivity contribution in [2.45, 2.75) is 19.3 Å². The van der Waals surface area contributed by atoms with Crippen molar-refractivity contribution in [1.29, 1.82) is 0 Å². The highest BCUT2D eigenvalue weighted by Gasteiger charge is 2.10. The fourth-order valence-electron chi connectivity index (χ4n) is 1.82. The predicted molar refractivity (Wildman–Crippen MR) is 78.8 cm³/mol. The third kappa shape index (κ3) is 4.15. The second-order valence-electron chi connectivity index (χ2n) is 4.25. The van der Waals surface area contributed by atoms with E-state index in [1.54, 1.807) is 6.08 Å². The standard InChI is InChI=1S/C17H17NO/c1-2-14-19-18-17-11-7-6-10-16(17)13-12-15-8-4-3-5-9-15/h2-5,8-10H,1,6-7,11,14H2/b18-17-. The van der Waals surface area contributed by atoms with Crippen LogP contribution in [0, 0.1) is 11.8 Å². The Hall–Kier alpha value is -2.27. The summed E-state index contributed by atoms with van der Waals surface area (Å²) in [5, 5.41) is 4.14. The summed E-state index contributed by atoms with van der Waals surface area (Å²) in [7, 11) is 0. The number of nitrogens with zero attached hydrogens (tertiary/aromatic N) is 1. The zero-order valence-corrected chi connectivity index (χ0v) is 10.9. The molecule has 0 unspecified atom stereocenters. The van der Waals surface area contributed by atoms with Gasteiger partial charge in [0.25, 0.3) is 0 Å². The molecular weight excluding hydrogens is 234 g/mol. The number of rotatable bonds is 3. The Bertz CT molecular complexity index is 544. The Kier molecular flexibility index (Phi) is 5.01. The van der Waals surface area contributed by atoms with Gasteiger partial charge in [0.05, 0.1) is 5.71 Å². The Morgan fingerprint density at radius 1 is 1.26 bits per heavy atom. The van der Waals surface area contributed by atoms with E-state index < -0.39 is 0 Å². The van der Waals surface area contributed by atoms with Crippen LogP contribution >= 0.6 is 0 Å². The molecular formula is C17H17NO. The van der Waals surface area contributed by atoms with E-state index in [0.717, 1.165) is 36.1 Å². The Morgan fingerprint density at radius 3 is 2.89 bits per heavy atom. The van der Waals surface area contributed by atoms with Gasteiger partial charge < -0.3 is 4.84 Å². The minimum Gasteiger partial charge on any atom is -0.391 e. The number of hydrogen-bond donors (Lipinski definition) is 0. The molecule has 0 saturated heterocycles. The molecule has 19 heavy (non-hydrogen) atoms. The molecule has 0 bridgehead atoms. The smallest absolute Gasteiger partial charge is 0.135 e. The average Bonchev–Trinajstić information content (AvgIpc) is 2.48. The van der Waals surface area contributed by atoms with Crippen molar-refractivity contribution in [3.8, 4) is 11.8 Å². The van der Waals surface area contributed by atoms with Crippen LogP contribution in [-0.2, 0) is 4.84 Å². The van der Waals surface area contributed by atoms with Gasteiger partial charge in [0, 0.05) is 11.1 Å². The minimum atomic E-state index is 0.433. The van der Waals surface area contributed by atoms with E-state index in [4.69, 9.17) is 4.84 Å². The van der Waals surface area contributed by atoms with E-state index in [1.807, 2.05) is 30.3 Å². The molecule has 0 spiro atoms. The molecule has 1 aliphatic carbocycles. The zero-order valence-electron chi connectivity index (χ0n) is 10.9. The lowest BCUT2D eigenvalue weighted by molar-refractivity contribution is 0.174. The van der Waals surface area contributed by atoms with Crippen LogP contribution in [-0.4, -0.2) is 12.3 Å². The molecule has 2 heteroatoms. The number of hydrogen-bond acceptors (Lipinski definition) is 2. The van der Waals surface area contributed by atoms with Crippen molar-refractivity contribution in [2.75, 3.05) is 6.61 Å². The van der Waals surface area contributed by atoms with Crippen molar-refractivity contribution >= 4 is 5.71 Å². The molecule has 0 aliphatic heterocycles. The molecule has 0 heterocycles. The molecule has 0 radical (unpaired) electrons. The van der Waals surface area contributed by atoms with Gasteiger partial charge in [-0.1, -0.05) is 53.9 Å². The van der Waals surface area contributed by atoms with Gasteiger partial charge in [0.15, 0.2) is 0 Å². The first-order valence-electron chi connectivity index (χ1n) is 6.47. The number of allylic oxidation sites excluding steroid dienone is 2. The van der Waals surface area contributed by atoms with Crippen molar-refractivity contribution in [3.05, 3.63) is 60.2 Å². The lowest BCUT2D eigenvalue weighted by atomic mass is 9.97. The van der Waals surface area contributed by atoms with Crippen molar-refractivity contribution in [2.24, 2.45) is 5.16 Å². The fraction of sp³-hybridized carbons (Fsp3) is 0.235. The lowest BCUT2D eigenvalue weighted by Gasteiger charge is -2.10. The highest BCUT2D eigenvalue weighted by molar-refractivity contribution is 6.04. The lowest BCUT2D eigenvalue weighted by Crippen LogP contribution is -2.07. The van der Waals surface area contributed by atoms with E-state index in [1.165, 1.54) is 0 Å². The summed E-state index contributed by atoms with van der Waals surface area (Å²) in [5.41, 5.74) is 2.94. The molecule has 2 rings (SSSR count). The first-order chi connectivity index (χ1) is 9.40. The van der Waals surface area contributed by atoms with Crippen molar-refractivity contribution in [3.63, 3.8) is 0 Å². The van der Waals surface area contributed by atoms with E-state index >= 15 is 0 Å². The molecule has 0 fully saturated rings. The summed E-state index contributed by atoms with van der Waals surface area (Å²) in [6, 6.07) is 9.97. The molecule has 0 atom stereocenters. The maximum atomic E-state index is 5.17. The number of oxime groups is 1. The van der Waals surface area contributed by atoms with Gasteiger partial charge in [-0.3, -0.25) is 0 Å². The topological polar surface area (TPSA) is 21.6 Å². The molecule has 1 aliphatic rings. The quantitative estimate of drug-likeness (QED) is 0.347. The van der Waals surface area contributed by atoms with Crippen LogP contribution < -0.4 is 0 Å². The minimum absolute atomic E-state index is 0.433. The van der Waals surface area contributed by atoms with Crippen LogP contribution in [0.25, 0.3) is 0 Å². The summed E-state index contributed by atoms with van der Waals surface area (Å²) in [6.07, 6.45) is 6.90. The Morgan fingerprint density at radius 2 is 2.11 bits per heavy atom. The van der Waals surface area contributed by atoms with Gasteiger partial charge in [-0.25, -0.2) is 0 Å². The maximum Gasteiger partial charge on any atom is 0.135 e. The average molecular weight is 251 g/mol. The van der Waals surface area contributed by atoms with Gasteiger partial charge in [-0.05, 0) is 31.4 Å². The van der Waals surface area contributed by atoms with Crippen molar-refractivity contribution in [1.82, 2.24) is 0 Å². The molecule has 0 amide bonds. The summed E-state index contributed by atoms with van der Waals surface area (Å²) in [6.45, 7) is 4.03. The zero-order chi connectivity index (χ0) is 13.3. The molecule has 0 N–H and O–H groups in total. The molecule has 96 valence electrons. The van der Waals surface area contributed by atoms with Crippen LogP contribution in [0.5, 0.6) is 0 Å². The first-order valence-corrected chi connectivity index (χ1v) is 6.47. The Balaban J connectivity index is 2.13. The Labute approximate surface area is 114 Å². The maximum absolute atomic E-state index is 5.17. The fourth-order valence-corrected chi connectivity index (χ4v) is 1.82. The summed E-state index contributed by atoms with van der Waals surface area (Å²) >= 11 is 0. The summed E-state index contributed by atoms with van der Waals surface area (Å²) in [4.78, 5) is 5.17. The van der Waals surface area contributed by atoms with E-state index in [2.05, 4.69) is 29.7 Å². The summed E-state index contributed by atoms with van der Waals surface area (Å²) in [5.74, 6) is 6.35. The monoisotopic (exact) mass is 251 g/mol. The van der Waals surface area contributed by atoms with Crippen LogP contribution in [0.3, 0.4) is 0 Å². The second-order valence-corrected chi connectivity index (χ2v) is 4.25. The molecule has 0 saturated carbocycles. The largest absolute Gasteiger partial charge is 0.391 e. The molecule has 0 aromatic heterocycles. The predicted octanol–water partition coefficient (Wildman–Crippen LogP) is 3.71. The van der Waals surface area contributed by atoms with E-state index in [-0.39, 0.29) is 0 Å². The van der Waals surface area contributed by atoms with Crippen LogP contribution in [0.4, 0.5) is 0 Å². The highest BCUT2D eigenvalue weighted by Crippen LogP contribution is 2.15. The molecule has 1 aromatic carbocycles. The van der Waals surface area contributed by atoms with Gasteiger partial charge in [-0.15, -0.1) is 0 Å². The van der Waals surface area contributed by atoms with Crippen molar-refractivity contribution < 1.29 is 4.84 Å². The normalized spacial score (nSPS) is 16.2. The van der Waals surface area contributed by atoms with Crippen LogP contribution in [0.2, 0.25) is 0 Å². The van der Waals surface area contributed by atoms with Crippen LogP contribution in [0.15, 0.2) is 59.8 Å². The molecule has 1 aromatic rings. The van der Waals surface area contributed by atoms with Gasteiger partial charge in [-0.2, -0.15) is 0 Å². The van der Waals surface area contributed by atoms with Crippen LogP contribution in [0.1, 0.15) is 24.8 Å². The third-order valence-electron chi connectivity index (χ3n) is 2.76. The third-order valence-corrected chi connectivity index (χ3v) is 2.76.